The zero-order chi connectivity index (χ0) is 19.0. The summed E-state index contributed by atoms with van der Waals surface area (Å²) in [6.07, 6.45) is 0. The van der Waals surface area contributed by atoms with Crippen LogP contribution in [0.25, 0.3) is 0 Å². The first-order valence-electron chi connectivity index (χ1n) is 7.95. The van der Waals surface area contributed by atoms with Crippen LogP contribution in [0.2, 0.25) is 0 Å². The minimum absolute atomic E-state index is 0.125. The van der Waals surface area contributed by atoms with Gasteiger partial charge >= 0.3 is 5.97 Å². The Kier molecular flexibility index (Phi) is 10.6. The molecule has 0 saturated carbocycles. The molecule has 0 saturated heterocycles. The summed E-state index contributed by atoms with van der Waals surface area (Å²) in [4.78, 5) is 10.2. The second-order valence-corrected chi connectivity index (χ2v) is 4.85. The van der Waals surface area contributed by atoms with Crippen molar-refractivity contribution in [2.45, 2.75) is 0 Å². The molecule has 3 rings (SSSR count). The number of carboxylic acids is 1. The molecule has 3 aromatic carbocycles. The van der Waals surface area contributed by atoms with Crippen LogP contribution < -0.4 is 4.74 Å². The van der Waals surface area contributed by atoms with Crippen molar-refractivity contribution in [2.24, 2.45) is 0 Å². The minimum Gasteiger partial charge on any atom is -0.478 e. The Bertz CT molecular complexity index is 676. The summed E-state index contributed by atoms with van der Waals surface area (Å²) >= 11 is 0. The first-order valence-corrected chi connectivity index (χ1v) is 7.95. The molecule has 3 N–H and O–H groups in total. The van der Waals surface area contributed by atoms with Crippen molar-refractivity contribution in [3.05, 3.63) is 96.6 Å². The molecule has 26 heavy (non-hydrogen) atoms. The predicted molar refractivity (Wildman–Crippen MR) is 101 cm³/mol. The lowest BCUT2D eigenvalue weighted by molar-refractivity contribution is 0.0697. The van der Waals surface area contributed by atoms with Gasteiger partial charge in [-0.05, 0) is 36.4 Å². The normalized spacial score (nSPS) is 9.00. The standard InChI is InChI=1S/C12H10O.C7H6O2.C2H6O2/c1-3-7-11(8-4-1)13-12-9-5-2-6-10-12;8-7(9)6-4-2-1-3-5-6;3-1-2-4/h1-10H;1-5H,(H,8,9);3-4H,1-2H2. The van der Waals surface area contributed by atoms with E-state index in [9.17, 15) is 4.79 Å². The van der Waals surface area contributed by atoms with E-state index in [4.69, 9.17) is 20.1 Å². The van der Waals surface area contributed by atoms with E-state index in [0.29, 0.717) is 5.56 Å². The van der Waals surface area contributed by atoms with Crippen molar-refractivity contribution >= 4 is 5.97 Å². The highest BCUT2D eigenvalue weighted by Gasteiger charge is 1.96. The monoisotopic (exact) mass is 354 g/mol. The molecule has 0 spiro atoms. The molecular weight excluding hydrogens is 332 g/mol. The Balaban J connectivity index is 0.000000227. The molecule has 0 aliphatic carbocycles. The molecule has 0 aliphatic rings. The van der Waals surface area contributed by atoms with Crippen molar-refractivity contribution < 1.29 is 24.9 Å². The van der Waals surface area contributed by atoms with Crippen molar-refractivity contribution in [1.82, 2.24) is 0 Å². The summed E-state index contributed by atoms with van der Waals surface area (Å²) in [6, 6.07) is 27.8. The fourth-order valence-corrected chi connectivity index (χ4v) is 1.69. The molecule has 0 unspecified atom stereocenters. The van der Waals surface area contributed by atoms with E-state index in [0.717, 1.165) is 11.5 Å². The van der Waals surface area contributed by atoms with Gasteiger partial charge in [0.1, 0.15) is 11.5 Å². The molecule has 136 valence electrons. The highest BCUT2D eigenvalue weighted by molar-refractivity contribution is 5.87. The molecule has 0 bridgehead atoms. The molecule has 0 fully saturated rings. The number of aromatic carboxylic acids is 1. The number of benzene rings is 3. The molecule has 0 radical (unpaired) electrons. The van der Waals surface area contributed by atoms with Crippen molar-refractivity contribution in [3.8, 4) is 11.5 Å². The highest BCUT2D eigenvalue weighted by Crippen LogP contribution is 2.19. The molecule has 5 nitrogen and oxygen atoms in total. The summed E-state index contributed by atoms with van der Waals surface area (Å²) in [5.41, 5.74) is 0.331. The minimum atomic E-state index is -0.879. The zero-order valence-electron chi connectivity index (χ0n) is 14.2. The van der Waals surface area contributed by atoms with Gasteiger partial charge in [0, 0.05) is 0 Å². The van der Waals surface area contributed by atoms with Crippen LogP contribution in [0.3, 0.4) is 0 Å². The van der Waals surface area contributed by atoms with Crippen LogP contribution >= 0.6 is 0 Å². The van der Waals surface area contributed by atoms with E-state index >= 15 is 0 Å². The Morgan fingerprint density at radius 1 is 0.654 bits per heavy atom. The van der Waals surface area contributed by atoms with E-state index in [1.165, 1.54) is 0 Å². The van der Waals surface area contributed by atoms with Gasteiger partial charge in [0.2, 0.25) is 0 Å². The van der Waals surface area contributed by atoms with E-state index in [-0.39, 0.29) is 13.2 Å². The van der Waals surface area contributed by atoms with Crippen molar-refractivity contribution in [1.29, 1.82) is 0 Å². The third-order valence-corrected chi connectivity index (χ3v) is 2.84. The Labute approximate surface area is 152 Å². The van der Waals surface area contributed by atoms with Crippen molar-refractivity contribution in [3.63, 3.8) is 0 Å². The van der Waals surface area contributed by atoms with Gasteiger partial charge < -0.3 is 20.1 Å². The molecule has 3 aromatic rings. The van der Waals surface area contributed by atoms with Gasteiger partial charge in [0.05, 0.1) is 18.8 Å². The Hall–Kier alpha value is -3.15. The lowest BCUT2D eigenvalue weighted by Crippen LogP contribution is -1.93. The van der Waals surface area contributed by atoms with Crippen LogP contribution in [-0.4, -0.2) is 34.5 Å². The summed E-state index contributed by atoms with van der Waals surface area (Å²) in [5.74, 6) is 0.859. The first-order chi connectivity index (χ1) is 12.7. The Morgan fingerprint density at radius 3 is 1.27 bits per heavy atom. The Morgan fingerprint density at radius 2 is 1.00 bits per heavy atom. The summed E-state index contributed by atoms with van der Waals surface area (Å²) in [7, 11) is 0. The largest absolute Gasteiger partial charge is 0.478 e. The van der Waals surface area contributed by atoms with Gasteiger partial charge in [-0.15, -0.1) is 0 Å². The second-order valence-electron chi connectivity index (χ2n) is 4.85. The molecule has 0 amide bonds. The number of aliphatic hydroxyl groups excluding tert-OH is 2. The maximum atomic E-state index is 10.2. The lowest BCUT2D eigenvalue weighted by Gasteiger charge is -2.03. The van der Waals surface area contributed by atoms with Crippen LogP contribution in [0.4, 0.5) is 0 Å². The average molecular weight is 354 g/mol. The van der Waals surface area contributed by atoms with Crippen LogP contribution in [0.1, 0.15) is 10.4 Å². The number of aliphatic hydroxyl groups is 2. The summed E-state index contributed by atoms with van der Waals surface area (Å²) < 4.78 is 5.58. The fourth-order valence-electron chi connectivity index (χ4n) is 1.69. The number of carboxylic acid groups (broad SMARTS) is 1. The molecule has 0 heterocycles. The molecule has 0 aliphatic heterocycles. The maximum Gasteiger partial charge on any atom is 0.335 e. The third-order valence-electron chi connectivity index (χ3n) is 2.84. The molecule has 5 heteroatoms. The van der Waals surface area contributed by atoms with Crippen molar-refractivity contribution in [2.75, 3.05) is 13.2 Å². The quantitative estimate of drug-likeness (QED) is 0.663. The SMILES string of the molecule is O=C(O)c1ccccc1.OCCO.c1ccc(Oc2ccccc2)cc1. The number of hydrogen-bond acceptors (Lipinski definition) is 4. The second kappa shape index (κ2) is 13.2. The number of hydrogen-bond donors (Lipinski definition) is 3. The van der Waals surface area contributed by atoms with Gasteiger partial charge in [-0.25, -0.2) is 4.79 Å². The lowest BCUT2D eigenvalue weighted by atomic mass is 10.2. The number of rotatable bonds is 4. The number of carbonyl (C=O) groups is 1. The van der Waals surface area contributed by atoms with Gasteiger partial charge in [-0.2, -0.15) is 0 Å². The smallest absolute Gasteiger partial charge is 0.335 e. The number of para-hydroxylation sites is 2. The summed E-state index contributed by atoms with van der Waals surface area (Å²) in [6.45, 7) is -0.250. The van der Waals surface area contributed by atoms with E-state index in [1.807, 2.05) is 60.7 Å². The third kappa shape index (κ3) is 9.22. The van der Waals surface area contributed by atoms with E-state index < -0.39 is 5.97 Å². The first kappa shape index (κ1) is 20.9. The van der Waals surface area contributed by atoms with Gasteiger partial charge in [-0.3, -0.25) is 0 Å². The highest BCUT2D eigenvalue weighted by atomic mass is 16.5. The van der Waals surface area contributed by atoms with Crippen LogP contribution in [0, 0.1) is 0 Å². The molecule has 0 atom stereocenters. The molecular formula is C21H22O5. The van der Waals surface area contributed by atoms with Crippen LogP contribution in [0.15, 0.2) is 91.0 Å². The topological polar surface area (TPSA) is 87.0 Å². The van der Waals surface area contributed by atoms with Gasteiger partial charge in [0.15, 0.2) is 0 Å². The maximum absolute atomic E-state index is 10.2. The average Bonchev–Trinajstić information content (AvgIpc) is 2.71. The van der Waals surface area contributed by atoms with E-state index in [1.54, 1.807) is 30.3 Å². The fraction of sp³-hybridized carbons (Fsp3) is 0.0952. The van der Waals surface area contributed by atoms with Gasteiger partial charge in [-0.1, -0.05) is 54.6 Å². The van der Waals surface area contributed by atoms with Crippen LogP contribution in [0.5, 0.6) is 11.5 Å². The zero-order valence-corrected chi connectivity index (χ0v) is 14.2. The van der Waals surface area contributed by atoms with Crippen LogP contribution in [-0.2, 0) is 0 Å². The predicted octanol–water partition coefficient (Wildman–Crippen LogP) is 3.83. The van der Waals surface area contributed by atoms with E-state index in [2.05, 4.69) is 0 Å². The number of ether oxygens (including phenoxy) is 1. The molecule has 0 aromatic heterocycles. The van der Waals surface area contributed by atoms with Gasteiger partial charge in [0.25, 0.3) is 0 Å². The summed E-state index contributed by atoms with van der Waals surface area (Å²) in [5, 5.41) is 23.6.